The summed E-state index contributed by atoms with van der Waals surface area (Å²) < 4.78 is 5.35. The summed E-state index contributed by atoms with van der Waals surface area (Å²) in [6, 6.07) is 7.24. The maximum absolute atomic E-state index is 12.1. The standard InChI is InChI=1S/C15H20N2O3/c1-4-15(2,3)16-13(18)9-17-11-7-5-6-8-12(11)20-10-14(17)19/h5-8H,4,9-10H2,1-3H3,(H,16,18). The highest BCUT2D eigenvalue weighted by molar-refractivity contribution is 6.02. The molecule has 1 aromatic carbocycles. The quantitative estimate of drug-likeness (QED) is 0.911. The van der Waals surface area contributed by atoms with Crippen molar-refractivity contribution in [2.75, 3.05) is 18.1 Å². The van der Waals surface area contributed by atoms with E-state index < -0.39 is 0 Å². The van der Waals surface area contributed by atoms with Gasteiger partial charge >= 0.3 is 0 Å². The second-order valence-corrected chi connectivity index (χ2v) is 5.52. The Morgan fingerprint density at radius 1 is 1.40 bits per heavy atom. The maximum atomic E-state index is 12.1. The van der Waals surface area contributed by atoms with Crippen LogP contribution in [0, 0.1) is 0 Å². The van der Waals surface area contributed by atoms with Crippen LogP contribution < -0.4 is 15.0 Å². The van der Waals surface area contributed by atoms with Crippen molar-refractivity contribution in [3.8, 4) is 5.75 Å². The van der Waals surface area contributed by atoms with Crippen LogP contribution in [0.15, 0.2) is 24.3 Å². The first-order valence-electron chi connectivity index (χ1n) is 6.76. The monoisotopic (exact) mass is 276 g/mol. The molecule has 0 fully saturated rings. The van der Waals surface area contributed by atoms with Gasteiger partial charge in [-0.05, 0) is 32.4 Å². The molecule has 20 heavy (non-hydrogen) atoms. The summed E-state index contributed by atoms with van der Waals surface area (Å²) in [5.41, 5.74) is 0.375. The molecule has 108 valence electrons. The highest BCUT2D eigenvalue weighted by atomic mass is 16.5. The number of para-hydroxylation sites is 2. The Bertz CT molecular complexity index is 526. The number of nitrogens with zero attached hydrogens (tertiary/aromatic N) is 1. The summed E-state index contributed by atoms with van der Waals surface area (Å²) in [7, 11) is 0. The summed E-state index contributed by atoms with van der Waals surface area (Å²) >= 11 is 0. The normalized spacial score (nSPS) is 14.6. The van der Waals surface area contributed by atoms with Crippen molar-refractivity contribution in [1.29, 1.82) is 0 Å². The van der Waals surface area contributed by atoms with Gasteiger partial charge in [0.15, 0.2) is 6.61 Å². The van der Waals surface area contributed by atoms with E-state index >= 15 is 0 Å². The Morgan fingerprint density at radius 3 is 2.80 bits per heavy atom. The van der Waals surface area contributed by atoms with Crippen LogP contribution in [-0.2, 0) is 9.59 Å². The lowest BCUT2D eigenvalue weighted by atomic mass is 10.0. The maximum Gasteiger partial charge on any atom is 0.265 e. The van der Waals surface area contributed by atoms with E-state index in [-0.39, 0.29) is 30.5 Å². The van der Waals surface area contributed by atoms with Gasteiger partial charge in [-0.3, -0.25) is 14.5 Å². The third-order valence-electron chi connectivity index (χ3n) is 3.47. The molecule has 5 heteroatoms. The number of hydrogen-bond acceptors (Lipinski definition) is 3. The Balaban J connectivity index is 2.13. The lowest BCUT2D eigenvalue weighted by Crippen LogP contribution is -2.50. The molecule has 0 radical (unpaired) electrons. The van der Waals surface area contributed by atoms with E-state index in [2.05, 4.69) is 5.32 Å². The molecule has 0 saturated heterocycles. The summed E-state index contributed by atoms with van der Waals surface area (Å²) in [4.78, 5) is 25.5. The van der Waals surface area contributed by atoms with Gasteiger partial charge in [0.05, 0.1) is 5.69 Å². The van der Waals surface area contributed by atoms with Crippen molar-refractivity contribution in [2.45, 2.75) is 32.7 Å². The van der Waals surface area contributed by atoms with Gasteiger partial charge in [0.25, 0.3) is 5.91 Å². The van der Waals surface area contributed by atoms with Crippen LogP contribution in [0.1, 0.15) is 27.2 Å². The minimum absolute atomic E-state index is 0.0165. The third-order valence-corrected chi connectivity index (χ3v) is 3.47. The zero-order valence-electron chi connectivity index (χ0n) is 12.1. The molecule has 1 aliphatic rings. The van der Waals surface area contributed by atoms with Gasteiger partial charge in [0.2, 0.25) is 5.91 Å². The summed E-state index contributed by atoms with van der Waals surface area (Å²) in [5, 5.41) is 2.93. The topological polar surface area (TPSA) is 58.6 Å². The molecule has 2 rings (SSSR count). The predicted octanol–water partition coefficient (Wildman–Crippen LogP) is 1.72. The number of ether oxygens (including phenoxy) is 1. The van der Waals surface area contributed by atoms with Crippen molar-refractivity contribution in [3.63, 3.8) is 0 Å². The van der Waals surface area contributed by atoms with E-state index in [1.54, 1.807) is 12.1 Å². The van der Waals surface area contributed by atoms with E-state index in [1.807, 2.05) is 32.9 Å². The van der Waals surface area contributed by atoms with Crippen LogP contribution in [0.3, 0.4) is 0 Å². The largest absolute Gasteiger partial charge is 0.482 e. The van der Waals surface area contributed by atoms with Gasteiger partial charge < -0.3 is 10.1 Å². The molecular formula is C15H20N2O3. The van der Waals surface area contributed by atoms with Gasteiger partial charge in [-0.1, -0.05) is 19.1 Å². The van der Waals surface area contributed by atoms with Crippen LogP contribution >= 0.6 is 0 Å². The number of hydrogen-bond donors (Lipinski definition) is 1. The number of rotatable bonds is 4. The van der Waals surface area contributed by atoms with Crippen molar-refractivity contribution in [3.05, 3.63) is 24.3 Å². The fourth-order valence-electron chi connectivity index (χ4n) is 1.98. The van der Waals surface area contributed by atoms with Crippen LogP contribution in [0.5, 0.6) is 5.75 Å². The SMILES string of the molecule is CCC(C)(C)NC(=O)CN1C(=O)COc2ccccc21. The number of carbonyl (C=O) groups excluding carboxylic acids is 2. The van der Waals surface area contributed by atoms with E-state index in [9.17, 15) is 9.59 Å². The fourth-order valence-corrected chi connectivity index (χ4v) is 1.98. The van der Waals surface area contributed by atoms with Gasteiger partial charge in [-0.25, -0.2) is 0 Å². The van der Waals surface area contributed by atoms with E-state index in [0.29, 0.717) is 11.4 Å². The molecule has 5 nitrogen and oxygen atoms in total. The number of anilines is 1. The summed E-state index contributed by atoms with van der Waals surface area (Å²) in [6.07, 6.45) is 0.826. The minimum atomic E-state index is -0.272. The van der Waals surface area contributed by atoms with Gasteiger partial charge in [0.1, 0.15) is 12.3 Å². The molecule has 0 aliphatic carbocycles. The van der Waals surface area contributed by atoms with Crippen molar-refractivity contribution in [2.24, 2.45) is 0 Å². The van der Waals surface area contributed by atoms with Crippen LogP contribution in [0.2, 0.25) is 0 Å². The van der Waals surface area contributed by atoms with E-state index in [1.165, 1.54) is 4.90 Å². The number of fused-ring (bicyclic) bond motifs is 1. The third kappa shape index (κ3) is 3.10. The van der Waals surface area contributed by atoms with E-state index in [4.69, 9.17) is 4.74 Å². The molecule has 1 heterocycles. The zero-order valence-corrected chi connectivity index (χ0v) is 12.1. The van der Waals surface area contributed by atoms with Crippen LogP contribution in [-0.4, -0.2) is 30.5 Å². The predicted molar refractivity (Wildman–Crippen MR) is 76.8 cm³/mol. The Morgan fingerprint density at radius 2 is 2.10 bits per heavy atom. The van der Waals surface area contributed by atoms with E-state index in [0.717, 1.165) is 6.42 Å². The number of carbonyl (C=O) groups is 2. The van der Waals surface area contributed by atoms with Crippen molar-refractivity contribution in [1.82, 2.24) is 5.32 Å². The van der Waals surface area contributed by atoms with Crippen molar-refractivity contribution >= 4 is 17.5 Å². The summed E-state index contributed by atoms with van der Waals surface area (Å²) in [5.74, 6) is 0.268. The fraction of sp³-hybridized carbons (Fsp3) is 0.467. The average Bonchev–Trinajstić information content (AvgIpc) is 2.41. The van der Waals surface area contributed by atoms with Gasteiger partial charge in [-0.2, -0.15) is 0 Å². The Labute approximate surface area is 118 Å². The lowest BCUT2D eigenvalue weighted by Gasteiger charge is -2.31. The Hall–Kier alpha value is -2.04. The second-order valence-electron chi connectivity index (χ2n) is 5.52. The number of benzene rings is 1. The molecule has 0 aromatic heterocycles. The first-order chi connectivity index (χ1) is 9.43. The van der Waals surface area contributed by atoms with Crippen LogP contribution in [0.4, 0.5) is 5.69 Å². The first kappa shape index (κ1) is 14.4. The zero-order chi connectivity index (χ0) is 14.8. The molecule has 0 spiro atoms. The number of amides is 2. The van der Waals surface area contributed by atoms with Gasteiger partial charge in [0, 0.05) is 5.54 Å². The van der Waals surface area contributed by atoms with Crippen LogP contribution in [0.25, 0.3) is 0 Å². The molecule has 0 atom stereocenters. The summed E-state index contributed by atoms with van der Waals surface area (Å²) in [6.45, 7) is 5.92. The minimum Gasteiger partial charge on any atom is -0.482 e. The molecule has 0 unspecified atom stereocenters. The smallest absolute Gasteiger partial charge is 0.265 e. The second kappa shape index (κ2) is 5.53. The molecular weight excluding hydrogens is 256 g/mol. The highest BCUT2D eigenvalue weighted by Crippen LogP contribution is 2.31. The average molecular weight is 276 g/mol. The molecule has 1 aromatic rings. The molecule has 2 amide bonds. The Kier molecular flexibility index (Phi) is 3.97. The lowest BCUT2D eigenvalue weighted by molar-refractivity contribution is -0.126. The highest BCUT2D eigenvalue weighted by Gasteiger charge is 2.28. The van der Waals surface area contributed by atoms with Crippen molar-refractivity contribution < 1.29 is 14.3 Å². The number of nitrogens with one attached hydrogen (secondary N) is 1. The molecule has 1 N–H and O–H groups in total. The first-order valence-corrected chi connectivity index (χ1v) is 6.76. The van der Waals surface area contributed by atoms with Gasteiger partial charge in [-0.15, -0.1) is 0 Å². The molecule has 1 aliphatic heterocycles. The molecule has 0 saturated carbocycles. The molecule has 0 bridgehead atoms.